The zero-order chi connectivity index (χ0) is 18.0. The highest BCUT2D eigenvalue weighted by Gasteiger charge is 2.33. The van der Waals surface area contributed by atoms with Crippen molar-refractivity contribution in [3.63, 3.8) is 0 Å². The largest absolute Gasteiger partial charge is 0.447 e. The minimum atomic E-state index is -3.92. The molecule has 1 saturated heterocycles. The van der Waals surface area contributed by atoms with Crippen LogP contribution in [0, 0.1) is 12.3 Å². The molecule has 1 amide bonds. The van der Waals surface area contributed by atoms with Crippen molar-refractivity contribution in [2.75, 3.05) is 19.7 Å². The van der Waals surface area contributed by atoms with Gasteiger partial charge in [0, 0.05) is 13.1 Å². The van der Waals surface area contributed by atoms with Crippen molar-refractivity contribution < 1.29 is 22.1 Å². The van der Waals surface area contributed by atoms with Gasteiger partial charge in [0.15, 0.2) is 0 Å². The standard InChI is InChI=1S/C17H25NO5S/c1-13-6-8-14(9-7-13)24(20,21)23-15(17(2,3)4)12-22-16(19)18-10-5-11-18/h6-9,15H,5,10-12H2,1-4H3. The van der Waals surface area contributed by atoms with E-state index in [0.29, 0.717) is 13.1 Å². The van der Waals surface area contributed by atoms with Gasteiger partial charge in [-0.1, -0.05) is 38.5 Å². The predicted molar refractivity (Wildman–Crippen MR) is 90.2 cm³/mol. The predicted octanol–water partition coefficient (Wildman–Crippen LogP) is 2.96. The van der Waals surface area contributed by atoms with Crippen LogP contribution >= 0.6 is 0 Å². The van der Waals surface area contributed by atoms with Gasteiger partial charge in [-0.2, -0.15) is 8.42 Å². The fourth-order valence-corrected chi connectivity index (χ4v) is 3.30. The van der Waals surface area contributed by atoms with Gasteiger partial charge in [-0.05, 0) is 30.9 Å². The third-order valence-corrected chi connectivity index (χ3v) is 5.33. The van der Waals surface area contributed by atoms with E-state index in [9.17, 15) is 13.2 Å². The van der Waals surface area contributed by atoms with Gasteiger partial charge >= 0.3 is 6.09 Å². The van der Waals surface area contributed by atoms with Gasteiger partial charge in [0.2, 0.25) is 0 Å². The third-order valence-electron chi connectivity index (χ3n) is 3.99. The van der Waals surface area contributed by atoms with E-state index in [4.69, 9.17) is 8.92 Å². The van der Waals surface area contributed by atoms with E-state index in [2.05, 4.69) is 0 Å². The average Bonchev–Trinajstić information content (AvgIpc) is 2.40. The zero-order valence-electron chi connectivity index (χ0n) is 14.6. The first-order valence-electron chi connectivity index (χ1n) is 8.01. The second-order valence-corrected chi connectivity index (χ2v) is 8.71. The second-order valence-electron chi connectivity index (χ2n) is 7.14. The first-order valence-corrected chi connectivity index (χ1v) is 9.42. The molecule has 1 fully saturated rings. The maximum absolute atomic E-state index is 12.5. The Hall–Kier alpha value is -1.60. The molecule has 1 aliphatic rings. The van der Waals surface area contributed by atoms with E-state index < -0.39 is 27.7 Å². The summed E-state index contributed by atoms with van der Waals surface area (Å²) in [4.78, 5) is 13.5. The lowest BCUT2D eigenvalue weighted by atomic mass is 9.90. The minimum Gasteiger partial charge on any atom is -0.447 e. The number of benzene rings is 1. The molecule has 1 aliphatic heterocycles. The number of ether oxygens (including phenoxy) is 1. The number of hydrogen-bond donors (Lipinski definition) is 0. The molecule has 1 aromatic rings. The van der Waals surface area contributed by atoms with Crippen LogP contribution in [-0.4, -0.2) is 45.2 Å². The normalized spacial score (nSPS) is 16.4. The Kier molecular flexibility index (Phi) is 5.55. The second kappa shape index (κ2) is 7.11. The van der Waals surface area contributed by atoms with E-state index >= 15 is 0 Å². The molecule has 6 nitrogen and oxygen atoms in total. The van der Waals surface area contributed by atoms with Gasteiger partial charge in [-0.3, -0.25) is 4.18 Å². The summed E-state index contributed by atoms with van der Waals surface area (Å²) in [5.74, 6) is 0. The smallest absolute Gasteiger partial charge is 0.409 e. The molecule has 2 rings (SSSR count). The maximum Gasteiger partial charge on any atom is 0.409 e. The van der Waals surface area contributed by atoms with E-state index in [1.807, 2.05) is 27.7 Å². The van der Waals surface area contributed by atoms with Crippen LogP contribution in [0.15, 0.2) is 29.2 Å². The molecular formula is C17H25NO5S. The summed E-state index contributed by atoms with van der Waals surface area (Å²) >= 11 is 0. The molecule has 0 radical (unpaired) electrons. The van der Waals surface area contributed by atoms with Gasteiger partial charge in [-0.25, -0.2) is 4.79 Å². The topological polar surface area (TPSA) is 72.9 Å². The fraction of sp³-hybridized carbons (Fsp3) is 0.588. The highest BCUT2D eigenvalue weighted by atomic mass is 32.2. The lowest BCUT2D eigenvalue weighted by molar-refractivity contribution is 0.00755. The van der Waals surface area contributed by atoms with Crippen molar-refractivity contribution in [2.45, 2.75) is 45.1 Å². The van der Waals surface area contributed by atoms with E-state index in [-0.39, 0.29) is 11.5 Å². The monoisotopic (exact) mass is 355 g/mol. The van der Waals surface area contributed by atoms with Gasteiger partial charge in [0.05, 0.1) is 4.90 Å². The van der Waals surface area contributed by atoms with Crippen molar-refractivity contribution in [1.82, 2.24) is 4.90 Å². The summed E-state index contributed by atoms with van der Waals surface area (Å²) < 4.78 is 35.6. The molecule has 7 heteroatoms. The van der Waals surface area contributed by atoms with Crippen molar-refractivity contribution in [3.05, 3.63) is 29.8 Å². The molecule has 0 aromatic heterocycles. The van der Waals surface area contributed by atoms with Gasteiger partial charge in [0.25, 0.3) is 10.1 Å². The number of likely N-dealkylation sites (tertiary alicyclic amines) is 1. The quantitative estimate of drug-likeness (QED) is 0.759. The van der Waals surface area contributed by atoms with Gasteiger partial charge < -0.3 is 9.64 Å². The van der Waals surface area contributed by atoms with Crippen LogP contribution in [0.5, 0.6) is 0 Å². The molecule has 0 aliphatic carbocycles. The molecule has 0 N–H and O–H groups in total. The first kappa shape index (κ1) is 18.7. The van der Waals surface area contributed by atoms with E-state index in [0.717, 1.165) is 12.0 Å². The molecular weight excluding hydrogens is 330 g/mol. The van der Waals surface area contributed by atoms with E-state index in [1.165, 1.54) is 12.1 Å². The summed E-state index contributed by atoms with van der Waals surface area (Å²) in [5.41, 5.74) is 0.456. The lowest BCUT2D eigenvalue weighted by Gasteiger charge is -2.33. The van der Waals surface area contributed by atoms with Crippen LogP contribution in [0.3, 0.4) is 0 Å². The first-order chi connectivity index (χ1) is 11.1. The number of hydrogen-bond acceptors (Lipinski definition) is 5. The van der Waals surface area contributed by atoms with Crippen LogP contribution in [0.4, 0.5) is 4.79 Å². The van der Waals surface area contributed by atoms with Gasteiger partial charge in [0.1, 0.15) is 12.7 Å². The van der Waals surface area contributed by atoms with Crippen LogP contribution in [0.25, 0.3) is 0 Å². The highest BCUT2D eigenvalue weighted by molar-refractivity contribution is 7.86. The summed E-state index contributed by atoms with van der Waals surface area (Å²) in [6, 6.07) is 6.45. The summed E-state index contributed by atoms with van der Waals surface area (Å²) in [7, 11) is -3.92. The summed E-state index contributed by atoms with van der Waals surface area (Å²) in [5, 5.41) is 0. The molecule has 0 saturated carbocycles. The molecule has 134 valence electrons. The zero-order valence-corrected chi connectivity index (χ0v) is 15.4. The van der Waals surface area contributed by atoms with Crippen molar-refractivity contribution >= 4 is 16.2 Å². The molecule has 24 heavy (non-hydrogen) atoms. The Bertz CT molecular complexity index is 672. The SMILES string of the molecule is Cc1ccc(S(=O)(=O)OC(COC(=O)N2CCC2)C(C)(C)C)cc1. The number of amides is 1. The van der Waals surface area contributed by atoms with Crippen LogP contribution in [-0.2, 0) is 19.0 Å². The van der Waals surface area contributed by atoms with Crippen LogP contribution in [0.2, 0.25) is 0 Å². The molecule has 1 atom stereocenters. The van der Waals surface area contributed by atoms with Crippen LogP contribution < -0.4 is 0 Å². The van der Waals surface area contributed by atoms with E-state index in [1.54, 1.807) is 17.0 Å². The number of carbonyl (C=O) groups excluding carboxylic acids is 1. The highest BCUT2D eigenvalue weighted by Crippen LogP contribution is 2.27. The third kappa shape index (κ3) is 4.70. The molecule has 1 unspecified atom stereocenters. The molecule has 0 spiro atoms. The number of aryl methyl sites for hydroxylation is 1. The Morgan fingerprint density at radius 2 is 1.79 bits per heavy atom. The Balaban J connectivity index is 2.07. The number of nitrogens with zero attached hydrogens (tertiary/aromatic N) is 1. The van der Waals surface area contributed by atoms with Crippen LogP contribution in [0.1, 0.15) is 32.8 Å². The number of rotatable bonds is 5. The van der Waals surface area contributed by atoms with Crippen molar-refractivity contribution in [3.8, 4) is 0 Å². The summed E-state index contributed by atoms with van der Waals surface area (Å²) in [6.07, 6.45) is -0.225. The molecule has 1 aromatic carbocycles. The van der Waals surface area contributed by atoms with Crippen molar-refractivity contribution in [1.29, 1.82) is 0 Å². The van der Waals surface area contributed by atoms with Gasteiger partial charge in [-0.15, -0.1) is 0 Å². The maximum atomic E-state index is 12.5. The average molecular weight is 355 g/mol. The Labute approximate surface area is 143 Å². The lowest BCUT2D eigenvalue weighted by Crippen LogP contribution is -2.44. The van der Waals surface area contributed by atoms with Crippen molar-refractivity contribution in [2.24, 2.45) is 5.41 Å². The summed E-state index contributed by atoms with van der Waals surface area (Å²) in [6.45, 7) is 8.68. The molecule has 1 heterocycles. The Morgan fingerprint density at radius 1 is 1.21 bits per heavy atom. The minimum absolute atomic E-state index is 0.0939. The number of carbonyl (C=O) groups is 1. The Morgan fingerprint density at radius 3 is 2.25 bits per heavy atom. The fourth-order valence-electron chi connectivity index (χ4n) is 2.07. The molecule has 0 bridgehead atoms.